The minimum Gasteiger partial charge on any atom is -0.370 e. The zero-order valence-electron chi connectivity index (χ0n) is 11.8. The van der Waals surface area contributed by atoms with Gasteiger partial charge in [-0.25, -0.2) is 4.99 Å². The lowest BCUT2D eigenvalue weighted by molar-refractivity contribution is 0.627. The van der Waals surface area contributed by atoms with E-state index in [1.807, 2.05) is 6.07 Å². The number of aliphatic imine (C=N–C) groups is 1. The first-order valence-electron chi connectivity index (χ1n) is 6.62. The third kappa shape index (κ3) is 3.90. The van der Waals surface area contributed by atoms with Crippen molar-refractivity contribution in [1.29, 1.82) is 0 Å². The molecule has 1 aliphatic carbocycles. The van der Waals surface area contributed by atoms with Gasteiger partial charge in [0.25, 0.3) is 0 Å². The number of rotatable bonds is 3. The normalized spacial score (nSPS) is 13.7. The number of aromatic nitrogens is 4. The van der Waals surface area contributed by atoms with Crippen LogP contribution in [-0.2, 0) is 26.4 Å². The van der Waals surface area contributed by atoms with E-state index >= 15 is 0 Å². The number of halogens is 1. The minimum atomic E-state index is 0. The highest BCUT2D eigenvalue weighted by molar-refractivity contribution is 14.0. The molecule has 0 fully saturated rings. The lowest BCUT2D eigenvalue weighted by Gasteiger charge is -2.07. The molecule has 0 unspecified atom stereocenters. The van der Waals surface area contributed by atoms with Crippen LogP contribution in [0.15, 0.2) is 23.2 Å². The van der Waals surface area contributed by atoms with Gasteiger partial charge in [0.1, 0.15) is 6.54 Å². The van der Waals surface area contributed by atoms with Crippen molar-refractivity contribution in [2.75, 3.05) is 5.32 Å². The van der Waals surface area contributed by atoms with Gasteiger partial charge in [0.05, 0.1) is 7.05 Å². The molecule has 1 aromatic carbocycles. The van der Waals surface area contributed by atoms with Crippen LogP contribution >= 0.6 is 24.0 Å². The maximum Gasteiger partial charge on any atom is 0.196 e. The number of nitrogens with zero attached hydrogens (tertiary/aromatic N) is 5. The first kappa shape index (κ1) is 15.7. The van der Waals surface area contributed by atoms with Crippen molar-refractivity contribution < 1.29 is 0 Å². The predicted octanol–water partition coefficient (Wildman–Crippen LogP) is 1.24. The number of nitrogens with one attached hydrogen (secondary N) is 1. The zero-order chi connectivity index (χ0) is 13.9. The van der Waals surface area contributed by atoms with Crippen molar-refractivity contribution in [3.05, 3.63) is 35.2 Å². The van der Waals surface area contributed by atoms with Gasteiger partial charge in [-0.3, -0.25) is 0 Å². The van der Waals surface area contributed by atoms with Gasteiger partial charge < -0.3 is 11.1 Å². The molecule has 3 N–H and O–H groups in total. The van der Waals surface area contributed by atoms with Gasteiger partial charge in [0, 0.05) is 5.69 Å². The molecule has 2 aromatic rings. The van der Waals surface area contributed by atoms with Crippen LogP contribution in [-0.4, -0.2) is 26.2 Å². The topological polar surface area (TPSA) is 94.0 Å². The Kier molecular flexibility index (Phi) is 5.10. The largest absolute Gasteiger partial charge is 0.370 e. The standard InChI is InChI=1S/C13H17N7.HI/c1-20-18-12(17-19-20)8-15-13(14)16-11-6-5-9-3-2-4-10(9)7-11;/h5-7H,2-4,8H2,1H3,(H3,14,15,16);1H. The highest BCUT2D eigenvalue weighted by Gasteiger charge is 2.10. The van der Waals surface area contributed by atoms with Crippen LogP contribution in [0.4, 0.5) is 5.69 Å². The molecule has 0 spiro atoms. The predicted molar refractivity (Wildman–Crippen MR) is 91.6 cm³/mol. The lowest BCUT2D eigenvalue weighted by atomic mass is 10.1. The summed E-state index contributed by atoms with van der Waals surface area (Å²) in [6, 6.07) is 6.33. The molecular weight excluding hydrogens is 381 g/mol. The van der Waals surface area contributed by atoms with Crippen molar-refractivity contribution in [3.63, 3.8) is 0 Å². The Labute approximate surface area is 140 Å². The van der Waals surface area contributed by atoms with E-state index in [2.05, 4.69) is 37.9 Å². The number of benzene rings is 1. The number of hydrogen-bond donors (Lipinski definition) is 2. The molecular formula is C13H18IN7. The zero-order valence-corrected chi connectivity index (χ0v) is 14.1. The Bertz CT molecular complexity index is 650. The van der Waals surface area contributed by atoms with E-state index in [0.717, 1.165) is 12.1 Å². The van der Waals surface area contributed by atoms with Crippen molar-refractivity contribution in [1.82, 2.24) is 20.2 Å². The summed E-state index contributed by atoms with van der Waals surface area (Å²) in [6.45, 7) is 0.317. The summed E-state index contributed by atoms with van der Waals surface area (Å²) in [5, 5.41) is 14.7. The summed E-state index contributed by atoms with van der Waals surface area (Å²) in [5.41, 5.74) is 9.67. The summed E-state index contributed by atoms with van der Waals surface area (Å²) >= 11 is 0. The van der Waals surface area contributed by atoms with Crippen molar-refractivity contribution in [2.45, 2.75) is 25.8 Å². The highest BCUT2D eigenvalue weighted by Crippen LogP contribution is 2.24. The minimum absolute atomic E-state index is 0. The molecule has 1 heterocycles. The molecule has 0 bridgehead atoms. The Morgan fingerprint density at radius 1 is 1.38 bits per heavy atom. The van der Waals surface area contributed by atoms with E-state index in [9.17, 15) is 0 Å². The summed E-state index contributed by atoms with van der Waals surface area (Å²) in [4.78, 5) is 5.60. The fourth-order valence-corrected chi connectivity index (χ4v) is 2.38. The monoisotopic (exact) mass is 399 g/mol. The van der Waals surface area contributed by atoms with Crippen LogP contribution < -0.4 is 11.1 Å². The van der Waals surface area contributed by atoms with E-state index in [1.165, 1.54) is 28.8 Å². The maximum atomic E-state index is 5.86. The molecule has 0 saturated carbocycles. The van der Waals surface area contributed by atoms with Crippen molar-refractivity contribution in [2.24, 2.45) is 17.8 Å². The number of guanidine groups is 1. The molecule has 3 rings (SSSR count). The van der Waals surface area contributed by atoms with Crippen LogP contribution in [0.2, 0.25) is 0 Å². The Morgan fingerprint density at radius 3 is 2.95 bits per heavy atom. The number of hydrogen-bond acceptors (Lipinski definition) is 4. The molecule has 1 aliphatic rings. The van der Waals surface area contributed by atoms with Crippen LogP contribution in [0.25, 0.3) is 0 Å². The van der Waals surface area contributed by atoms with Crippen LogP contribution in [0.1, 0.15) is 23.4 Å². The molecule has 0 atom stereocenters. The van der Waals surface area contributed by atoms with E-state index in [-0.39, 0.29) is 24.0 Å². The fourth-order valence-electron chi connectivity index (χ4n) is 2.38. The molecule has 0 radical (unpaired) electrons. The summed E-state index contributed by atoms with van der Waals surface area (Å²) in [5.74, 6) is 0.904. The third-order valence-electron chi connectivity index (χ3n) is 3.31. The third-order valence-corrected chi connectivity index (χ3v) is 3.31. The molecule has 1 aromatic heterocycles. The van der Waals surface area contributed by atoms with Gasteiger partial charge in [-0.15, -0.1) is 34.2 Å². The van der Waals surface area contributed by atoms with E-state index < -0.39 is 0 Å². The lowest BCUT2D eigenvalue weighted by Crippen LogP contribution is -2.22. The maximum absolute atomic E-state index is 5.86. The number of anilines is 1. The summed E-state index contributed by atoms with van der Waals surface area (Å²) in [7, 11) is 1.71. The molecule has 0 amide bonds. The average Bonchev–Trinajstić information content (AvgIpc) is 3.04. The Hall–Kier alpha value is -1.71. The van der Waals surface area contributed by atoms with Crippen LogP contribution in [0, 0.1) is 0 Å². The highest BCUT2D eigenvalue weighted by atomic mass is 127. The van der Waals surface area contributed by atoms with Gasteiger partial charge in [-0.2, -0.15) is 4.80 Å². The molecule has 8 heteroatoms. The van der Waals surface area contributed by atoms with Crippen molar-refractivity contribution >= 4 is 35.6 Å². The van der Waals surface area contributed by atoms with Gasteiger partial charge in [-0.1, -0.05) is 6.07 Å². The van der Waals surface area contributed by atoms with Gasteiger partial charge in [-0.05, 0) is 47.7 Å². The summed E-state index contributed by atoms with van der Waals surface area (Å²) < 4.78 is 0. The van der Waals surface area contributed by atoms with Crippen LogP contribution in [0.3, 0.4) is 0 Å². The fraction of sp³-hybridized carbons (Fsp3) is 0.385. The van der Waals surface area contributed by atoms with E-state index in [0.29, 0.717) is 18.3 Å². The van der Waals surface area contributed by atoms with Crippen LogP contribution in [0.5, 0.6) is 0 Å². The second-order valence-electron chi connectivity index (χ2n) is 4.86. The Balaban J connectivity index is 0.00000161. The van der Waals surface area contributed by atoms with Gasteiger partial charge in [0.15, 0.2) is 11.8 Å². The average molecular weight is 399 g/mol. The quantitative estimate of drug-likeness (QED) is 0.460. The van der Waals surface area contributed by atoms with Gasteiger partial charge >= 0.3 is 0 Å². The molecule has 112 valence electrons. The smallest absolute Gasteiger partial charge is 0.196 e. The number of nitrogens with two attached hydrogens (primary N) is 1. The molecule has 21 heavy (non-hydrogen) atoms. The first-order chi connectivity index (χ1) is 9.70. The summed E-state index contributed by atoms with van der Waals surface area (Å²) in [6.07, 6.45) is 3.56. The second kappa shape index (κ2) is 6.83. The SMILES string of the molecule is Cn1nnc(CN=C(N)Nc2ccc3c(c2)CCC3)n1.I. The van der Waals surface area contributed by atoms with E-state index in [4.69, 9.17) is 5.73 Å². The molecule has 0 saturated heterocycles. The number of tetrazole rings is 1. The first-order valence-corrected chi connectivity index (χ1v) is 6.62. The van der Waals surface area contributed by atoms with E-state index in [1.54, 1.807) is 7.05 Å². The second-order valence-corrected chi connectivity index (χ2v) is 4.86. The van der Waals surface area contributed by atoms with Gasteiger partial charge in [0.2, 0.25) is 0 Å². The molecule has 0 aliphatic heterocycles. The molecule has 7 nitrogen and oxygen atoms in total. The van der Waals surface area contributed by atoms with Crippen molar-refractivity contribution in [3.8, 4) is 0 Å². The number of aryl methyl sites for hydroxylation is 3. The number of fused-ring (bicyclic) bond motifs is 1. The Morgan fingerprint density at radius 2 is 2.19 bits per heavy atom.